The molecule has 2 heteroatoms. The first-order valence-electron chi connectivity index (χ1n) is 5.82. The molecule has 88 valence electrons. The van der Waals surface area contributed by atoms with Crippen molar-refractivity contribution < 1.29 is 4.79 Å². The molecule has 1 aromatic heterocycles. The van der Waals surface area contributed by atoms with Crippen molar-refractivity contribution in [2.75, 3.05) is 0 Å². The van der Waals surface area contributed by atoms with Gasteiger partial charge in [-0.1, -0.05) is 36.4 Å². The first-order valence-corrected chi connectivity index (χ1v) is 6.77. The second kappa shape index (κ2) is 4.39. The smallest absolute Gasteiger partial charge is 0.194 e. The fourth-order valence-corrected chi connectivity index (χ4v) is 2.86. The van der Waals surface area contributed by atoms with E-state index < -0.39 is 0 Å². The Morgan fingerprint density at radius 1 is 1.06 bits per heavy atom. The number of ketones is 1. The van der Waals surface area contributed by atoms with Gasteiger partial charge in [0.1, 0.15) is 0 Å². The largest absolute Gasteiger partial charge is 0.289 e. The summed E-state index contributed by atoms with van der Waals surface area (Å²) in [5.74, 6) is 0.116. The standard InChI is InChI=1S/C16H12OS/c1-11-6-7-12-4-2-3-5-14(12)15(11)16(17)13-8-9-18-10-13/h2-10H,1H3. The van der Waals surface area contributed by atoms with Crippen molar-refractivity contribution >= 4 is 27.9 Å². The van der Waals surface area contributed by atoms with Crippen LogP contribution in [0.2, 0.25) is 0 Å². The average Bonchev–Trinajstić information content (AvgIpc) is 2.92. The van der Waals surface area contributed by atoms with E-state index in [2.05, 4.69) is 6.07 Å². The summed E-state index contributed by atoms with van der Waals surface area (Å²) in [6.45, 7) is 1.99. The predicted octanol–water partition coefficient (Wildman–Crippen LogP) is 4.44. The Morgan fingerprint density at radius 2 is 1.89 bits per heavy atom. The highest BCUT2D eigenvalue weighted by molar-refractivity contribution is 7.08. The van der Waals surface area contributed by atoms with E-state index in [0.717, 1.165) is 27.5 Å². The van der Waals surface area contributed by atoms with E-state index in [4.69, 9.17) is 0 Å². The van der Waals surface area contributed by atoms with E-state index in [9.17, 15) is 4.79 Å². The minimum absolute atomic E-state index is 0.116. The SMILES string of the molecule is Cc1ccc2ccccc2c1C(=O)c1ccsc1. The monoisotopic (exact) mass is 252 g/mol. The molecule has 2 aromatic carbocycles. The Morgan fingerprint density at radius 3 is 2.67 bits per heavy atom. The van der Waals surface area contributed by atoms with Crippen LogP contribution in [0.15, 0.2) is 53.2 Å². The third kappa shape index (κ3) is 1.75. The van der Waals surface area contributed by atoms with Crippen molar-refractivity contribution in [1.82, 2.24) is 0 Å². The number of aryl methyl sites for hydroxylation is 1. The average molecular weight is 252 g/mol. The van der Waals surface area contributed by atoms with Crippen LogP contribution in [0.3, 0.4) is 0 Å². The number of rotatable bonds is 2. The van der Waals surface area contributed by atoms with Crippen molar-refractivity contribution in [2.45, 2.75) is 6.92 Å². The van der Waals surface area contributed by atoms with Crippen LogP contribution in [0.5, 0.6) is 0 Å². The number of hydrogen-bond donors (Lipinski definition) is 0. The van der Waals surface area contributed by atoms with Gasteiger partial charge in [-0.3, -0.25) is 4.79 Å². The Kier molecular flexibility index (Phi) is 2.73. The molecule has 0 saturated heterocycles. The van der Waals surface area contributed by atoms with Crippen LogP contribution >= 0.6 is 11.3 Å². The third-order valence-corrected chi connectivity index (χ3v) is 3.83. The zero-order chi connectivity index (χ0) is 12.5. The minimum Gasteiger partial charge on any atom is -0.289 e. The highest BCUT2D eigenvalue weighted by atomic mass is 32.1. The third-order valence-electron chi connectivity index (χ3n) is 3.15. The van der Waals surface area contributed by atoms with Crippen LogP contribution < -0.4 is 0 Å². The van der Waals surface area contributed by atoms with E-state index in [1.807, 2.05) is 54.1 Å². The van der Waals surface area contributed by atoms with E-state index in [-0.39, 0.29) is 5.78 Å². The Balaban J connectivity index is 2.28. The van der Waals surface area contributed by atoms with Crippen molar-refractivity contribution in [3.8, 4) is 0 Å². The lowest BCUT2D eigenvalue weighted by Gasteiger charge is -2.08. The summed E-state index contributed by atoms with van der Waals surface area (Å²) >= 11 is 1.55. The number of carbonyl (C=O) groups is 1. The molecule has 3 aromatic rings. The quantitative estimate of drug-likeness (QED) is 0.616. The summed E-state index contributed by atoms with van der Waals surface area (Å²) in [5.41, 5.74) is 2.64. The summed E-state index contributed by atoms with van der Waals surface area (Å²) in [7, 11) is 0. The lowest BCUT2D eigenvalue weighted by Crippen LogP contribution is -2.03. The summed E-state index contributed by atoms with van der Waals surface area (Å²) in [5, 5.41) is 5.99. The molecule has 0 spiro atoms. The summed E-state index contributed by atoms with van der Waals surface area (Å²) < 4.78 is 0. The van der Waals surface area contributed by atoms with Gasteiger partial charge >= 0.3 is 0 Å². The molecule has 0 aliphatic rings. The molecule has 3 rings (SSSR count). The first-order chi connectivity index (χ1) is 8.77. The van der Waals surface area contributed by atoms with Crippen LogP contribution in [-0.4, -0.2) is 5.78 Å². The van der Waals surface area contributed by atoms with Gasteiger partial charge in [-0.15, -0.1) is 0 Å². The molecule has 1 nitrogen and oxygen atoms in total. The maximum atomic E-state index is 12.5. The molecule has 0 radical (unpaired) electrons. The molecule has 0 unspecified atom stereocenters. The van der Waals surface area contributed by atoms with Crippen LogP contribution in [0, 0.1) is 6.92 Å². The zero-order valence-electron chi connectivity index (χ0n) is 10.0. The molecule has 0 aliphatic heterocycles. The highest BCUT2D eigenvalue weighted by Gasteiger charge is 2.15. The molecule has 1 heterocycles. The number of fused-ring (bicyclic) bond motifs is 1. The van der Waals surface area contributed by atoms with E-state index in [1.165, 1.54) is 0 Å². The van der Waals surface area contributed by atoms with Crippen LogP contribution in [-0.2, 0) is 0 Å². The Bertz CT molecular complexity index is 711. The first kappa shape index (κ1) is 11.2. The van der Waals surface area contributed by atoms with E-state index >= 15 is 0 Å². The predicted molar refractivity (Wildman–Crippen MR) is 76.4 cm³/mol. The van der Waals surface area contributed by atoms with Gasteiger partial charge in [-0.25, -0.2) is 0 Å². The second-order valence-corrected chi connectivity index (χ2v) is 5.10. The topological polar surface area (TPSA) is 17.1 Å². The molecular weight excluding hydrogens is 240 g/mol. The molecule has 0 N–H and O–H groups in total. The minimum atomic E-state index is 0.116. The zero-order valence-corrected chi connectivity index (χ0v) is 10.8. The van der Waals surface area contributed by atoms with E-state index in [1.54, 1.807) is 11.3 Å². The lowest BCUT2D eigenvalue weighted by molar-refractivity contribution is 0.104. The van der Waals surface area contributed by atoms with Gasteiger partial charge in [0.05, 0.1) is 0 Å². The fraction of sp³-hybridized carbons (Fsp3) is 0.0625. The molecule has 0 atom stereocenters. The number of thiophene rings is 1. The maximum Gasteiger partial charge on any atom is 0.194 e. The molecule has 0 saturated carbocycles. The lowest BCUT2D eigenvalue weighted by atomic mass is 9.94. The fourth-order valence-electron chi connectivity index (χ4n) is 2.22. The van der Waals surface area contributed by atoms with Crippen molar-refractivity contribution in [2.24, 2.45) is 0 Å². The van der Waals surface area contributed by atoms with Crippen molar-refractivity contribution in [3.05, 3.63) is 69.9 Å². The van der Waals surface area contributed by atoms with Gasteiger partial charge in [-0.05, 0) is 34.7 Å². The molecule has 0 fully saturated rings. The maximum absolute atomic E-state index is 12.5. The Hall–Kier alpha value is -1.93. The molecule has 0 amide bonds. The van der Waals surface area contributed by atoms with Gasteiger partial charge < -0.3 is 0 Å². The molecular formula is C16H12OS. The van der Waals surface area contributed by atoms with Crippen molar-refractivity contribution in [1.29, 1.82) is 0 Å². The van der Waals surface area contributed by atoms with Crippen LogP contribution in [0.4, 0.5) is 0 Å². The molecule has 18 heavy (non-hydrogen) atoms. The molecule has 0 aliphatic carbocycles. The summed E-state index contributed by atoms with van der Waals surface area (Å²) in [6, 6.07) is 14.0. The van der Waals surface area contributed by atoms with E-state index in [0.29, 0.717) is 0 Å². The number of carbonyl (C=O) groups excluding carboxylic acids is 1. The number of benzene rings is 2. The van der Waals surface area contributed by atoms with Gasteiger partial charge in [0.15, 0.2) is 5.78 Å². The van der Waals surface area contributed by atoms with Gasteiger partial charge in [0.2, 0.25) is 0 Å². The summed E-state index contributed by atoms with van der Waals surface area (Å²) in [4.78, 5) is 12.5. The normalized spacial score (nSPS) is 10.7. The Labute approximate surface area is 110 Å². The molecule has 0 bridgehead atoms. The highest BCUT2D eigenvalue weighted by Crippen LogP contribution is 2.25. The summed E-state index contributed by atoms with van der Waals surface area (Å²) in [6.07, 6.45) is 0. The van der Waals surface area contributed by atoms with Crippen LogP contribution in [0.25, 0.3) is 10.8 Å². The van der Waals surface area contributed by atoms with Gasteiger partial charge in [0.25, 0.3) is 0 Å². The van der Waals surface area contributed by atoms with Crippen molar-refractivity contribution in [3.63, 3.8) is 0 Å². The number of hydrogen-bond acceptors (Lipinski definition) is 2. The second-order valence-electron chi connectivity index (χ2n) is 4.32. The van der Waals surface area contributed by atoms with Gasteiger partial charge in [0, 0.05) is 16.5 Å². The van der Waals surface area contributed by atoms with Crippen LogP contribution in [0.1, 0.15) is 21.5 Å². The van der Waals surface area contributed by atoms with Gasteiger partial charge in [-0.2, -0.15) is 11.3 Å².